The van der Waals surface area contributed by atoms with Gasteiger partial charge in [-0.05, 0) is 41.8 Å². The van der Waals surface area contributed by atoms with E-state index in [0.29, 0.717) is 16.4 Å². The van der Waals surface area contributed by atoms with Crippen LogP contribution in [0.5, 0.6) is 5.75 Å². The van der Waals surface area contributed by atoms with Crippen LogP contribution in [0, 0.1) is 0 Å². The third-order valence-corrected chi connectivity index (χ3v) is 4.93. The maximum Gasteiger partial charge on any atom is 0.336 e. The van der Waals surface area contributed by atoms with E-state index in [0.717, 1.165) is 29.4 Å². The molecule has 3 rings (SSSR count). The second kappa shape index (κ2) is 10.1. The maximum absolute atomic E-state index is 12.2. The summed E-state index contributed by atoms with van der Waals surface area (Å²) in [4.78, 5) is 35.5. The van der Waals surface area contributed by atoms with Crippen molar-refractivity contribution in [2.45, 2.75) is 32.2 Å². The Bertz CT molecular complexity index is 1140. The van der Waals surface area contributed by atoms with Gasteiger partial charge in [-0.1, -0.05) is 37.1 Å². The molecule has 31 heavy (non-hydrogen) atoms. The minimum atomic E-state index is -1.15. The van der Waals surface area contributed by atoms with Gasteiger partial charge in [0.15, 0.2) is 6.61 Å². The fraction of sp³-hybridized carbons (Fsp3) is 0.261. The average Bonchev–Trinajstić information content (AvgIpc) is 2.73. The highest BCUT2D eigenvalue weighted by atomic mass is 35.5. The van der Waals surface area contributed by atoms with Gasteiger partial charge in [0.1, 0.15) is 17.4 Å². The van der Waals surface area contributed by atoms with E-state index in [1.54, 1.807) is 42.5 Å². The summed E-state index contributed by atoms with van der Waals surface area (Å²) in [6.45, 7) is 1.64. The molecule has 0 aliphatic carbocycles. The SMILES string of the molecule is CCCc1cc(=O)oc2cc(OCC(=O)NC(Cc3ccc(Cl)cc3)C(=O)O)ccc12. The normalized spacial score (nSPS) is 11.8. The van der Waals surface area contributed by atoms with E-state index in [-0.39, 0.29) is 13.0 Å². The van der Waals surface area contributed by atoms with Gasteiger partial charge in [-0.15, -0.1) is 0 Å². The molecule has 0 bridgehead atoms. The summed E-state index contributed by atoms with van der Waals surface area (Å²) in [7, 11) is 0. The van der Waals surface area contributed by atoms with Gasteiger partial charge >= 0.3 is 11.6 Å². The van der Waals surface area contributed by atoms with Gasteiger partial charge < -0.3 is 19.6 Å². The van der Waals surface area contributed by atoms with Gasteiger partial charge in [0, 0.05) is 29.0 Å². The first-order valence-electron chi connectivity index (χ1n) is 9.82. The van der Waals surface area contributed by atoms with Gasteiger partial charge in [0.25, 0.3) is 5.91 Å². The number of carbonyl (C=O) groups excluding carboxylic acids is 1. The molecule has 0 aliphatic heterocycles. The third kappa shape index (κ3) is 6.08. The van der Waals surface area contributed by atoms with Crippen LogP contribution >= 0.6 is 11.6 Å². The number of carboxylic acids is 1. The van der Waals surface area contributed by atoms with Gasteiger partial charge in [-0.3, -0.25) is 4.79 Å². The number of hydrogen-bond donors (Lipinski definition) is 2. The number of hydrogen-bond acceptors (Lipinski definition) is 5. The Kier molecular flexibility index (Phi) is 7.31. The smallest absolute Gasteiger partial charge is 0.336 e. The molecule has 2 N–H and O–H groups in total. The molecule has 8 heteroatoms. The molecule has 1 heterocycles. The maximum atomic E-state index is 12.2. The van der Waals surface area contributed by atoms with E-state index in [9.17, 15) is 19.5 Å². The topological polar surface area (TPSA) is 106 Å². The summed E-state index contributed by atoms with van der Waals surface area (Å²) in [5.41, 5.74) is 1.55. The van der Waals surface area contributed by atoms with Crippen molar-refractivity contribution in [3.63, 3.8) is 0 Å². The molecule has 7 nitrogen and oxygen atoms in total. The van der Waals surface area contributed by atoms with Crippen molar-refractivity contribution < 1.29 is 23.8 Å². The lowest BCUT2D eigenvalue weighted by molar-refractivity contribution is -0.142. The van der Waals surface area contributed by atoms with Crippen molar-refractivity contribution in [2.24, 2.45) is 0 Å². The second-order valence-corrected chi connectivity index (χ2v) is 7.51. The second-order valence-electron chi connectivity index (χ2n) is 7.08. The number of amides is 1. The lowest BCUT2D eigenvalue weighted by Crippen LogP contribution is -2.44. The van der Waals surface area contributed by atoms with E-state index in [4.69, 9.17) is 20.8 Å². The number of carboxylic acid groups (broad SMARTS) is 1. The lowest BCUT2D eigenvalue weighted by atomic mass is 10.1. The van der Waals surface area contributed by atoms with E-state index < -0.39 is 23.5 Å². The van der Waals surface area contributed by atoms with Crippen LogP contribution in [0.2, 0.25) is 5.02 Å². The van der Waals surface area contributed by atoms with Crippen LogP contribution in [0.25, 0.3) is 11.0 Å². The average molecular weight is 444 g/mol. The summed E-state index contributed by atoms with van der Waals surface area (Å²) in [5.74, 6) is -1.40. The lowest BCUT2D eigenvalue weighted by Gasteiger charge is -2.15. The Morgan fingerprint density at radius 3 is 2.58 bits per heavy atom. The summed E-state index contributed by atoms with van der Waals surface area (Å²) in [5, 5.41) is 13.2. The molecule has 0 radical (unpaired) electrons. The molecule has 162 valence electrons. The molecule has 1 aromatic heterocycles. The van der Waals surface area contributed by atoms with E-state index in [2.05, 4.69) is 5.32 Å². The quantitative estimate of drug-likeness (QED) is 0.489. The fourth-order valence-electron chi connectivity index (χ4n) is 3.22. The van der Waals surface area contributed by atoms with Crippen molar-refractivity contribution in [2.75, 3.05) is 6.61 Å². The minimum Gasteiger partial charge on any atom is -0.484 e. The molecular formula is C23H22ClNO6. The van der Waals surface area contributed by atoms with Crippen LogP contribution in [-0.2, 0) is 22.4 Å². The summed E-state index contributed by atoms with van der Waals surface area (Å²) < 4.78 is 10.7. The van der Waals surface area contributed by atoms with Crippen molar-refractivity contribution >= 4 is 34.4 Å². The number of aliphatic carboxylic acids is 1. The zero-order chi connectivity index (χ0) is 22.4. The molecule has 0 fully saturated rings. The number of carbonyl (C=O) groups is 2. The molecule has 1 amide bonds. The van der Waals surface area contributed by atoms with Gasteiger partial charge in [0.05, 0.1) is 0 Å². The Morgan fingerprint density at radius 2 is 1.90 bits per heavy atom. The molecule has 0 saturated heterocycles. The highest BCUT2D eigenvalue weighted by Crippen LogP contribution is 2.23. The van der Waals surface area contributed by atoms with Crippen LogP contribution in [-0.4, -0.2) is 29.6 Å². The zero-order valence-electron chi connectivity index (χ0n) is 16.9. The number of rotatable bonds is 9. The number of nitrogens with one attached hydrogen (secondary N) is 1. The van der Waals surface area contributed by atoms with Crippen LogP contribution in [0.4, 0.5) is 0 Å². The molecule has 1 atom stereocenters. The van der Waals surface area contributed by atoms with Crippen molar-refractivity contribution in [1.29, 1.82) is 0 Å². The Hall–Kier alpha value is -3.32. The Morgan fingerprint density at radius 1 is 1.16 bits per heavy atom. The van der Waals surface area contributed by atoms with Crippen LogP contribution in [0.1, 0.15) is 24.5 Å². The fourth-order valence-corrected chi connectivity index (χ4v) is 3.34. The highest BCUT2D eigenvalue weighted by Gasteiger charge is 2.20. The number of ether oxygens (including phenoxy) is 1. The molecule has 1 unspecified atom stereocenters. The van der Waals surface area contributed by atoms with Gasteiger partial charge in [0.2, 0.25) is 0 Å². The van der Waals surface area contributed by atoms with E-state index >= 15 is 0 Å². The van der Waals surface area contributed by atoms with Gasteiger partial charge in [-0.2, -0.15) is 0 Å². The molecule has 3 aromatic rings. The van der Waals surface area contributed by atoms with E-state index in [1.165, 1.54) is 6.07 Å². The zero-order valence-corrected chi connectivity index (χ0v) is 17.6. The monoisotopic (exact) mass is 443 g/mol. The molecule has 0 spiro atoms. The van der Waals surface area contributed by atoms with Gasteiger partial charge in [-0.25, -0.2) is 9.59 Å². The van der Waals surface area contributed by atoms with Crippen LogP contribution < -0.4 is 15.7 Å². The number of aryl methyl sites for hydroxylation is 1. The Labute approximate surface area is 183 Å². The number of fused-ring (bicyclic) bond motifs is 1. The predicted octanol–water partition coefficient (Wildman–Crippen LogP) is 3.59. The van der Waals surface area contributed by atoms with Crippen molar-refractivity contribution in [1.82, 2.24) is 5.32 Å². The summed E-state index contributed by atoms with van der Waals surface area (Å²) >= 11 is 5.84. The van der Waals surface area contributed by atoms with Crippen LogP contribution in [0.15, 0.2) is 57.7 Å². The number of benzene rings is 2. The first-order chi connectivity index (χ1) is 14.9. The predicted molar refractivity (Wildman–Crippen MR) is 117 cm³/mol. The van der Waals surface area contributed by atoms with Crippen molar-refractivity contribution in [3.8, 4) is 5.75 Å². The molecular weight excluding hydrogens is 422 g/mol. The molecule has 0 saturated carbocycles. The first kappa shape index (κ1) is 22.4. The minimum absolute atomic E-state index is 0.111. The number of halogens is 1. The van der Waals surface area contributed by atoms with Crippen LogP contribution in [0.3, 0.4) is 0 Å². The first-order valence-corrected chi connectivity index (χ1v) is 10.2. The highest BCUT2D eigenvalue weighted by molar-refractivity contribution is 6.30. The third-order valence-electron chi connectivity index (χ3n) is 4.68. The summed E-state index contributed by atoms with van der Waals surface area (Å²) in [6.07, 6.45) is 1.74. The molecule has 0 aliphatic rings. The largest absolute Gasteiger partial charge is 0.484 e. The van der Waals surface area contributed by atoms with Crippen molar-refractivity contribution in [3.05, 3.63) is 75.1 Å². The molecule has 2 aromatic carbocycles. The summed E-state index contributed by atoms with van der Waals surface area (Å²) in [6, 6.07) is 12.1. The van der Waals surface area contributed by atoms with E-state index in [1.807, 2.05) is 6.92 Å². The Balaban J connectivity index is 1.64. The standard InChI is InChI=1S/C23H22ClNO6/c1-2-3-15-11-22(27)31-20-12-17(8-9-18(15)20)30-13-21(26)25-19(23(28)29)10-14-4-6-16(24)7-5-14/h4-9,11-12,19H,2-3,10,13H2,1H3,(H,25,26)(H,28,29).